The summed E-state index contributed by atoms with van der Waals surface area (Å²) in [7, 11) is 0. The molecule has 2 amide bonds. The van der Waals surface area contributed by atoms with Gasteiger partial charge in [0.2, 0.25) is 0 Å². The SMILES string of the molecule is CCCC1CC1NC(=O)N1CCC(CCC)(C(=O)O)CC1. The highest BCUT2D eigenvalue weighted by Crippen LogP contribution is 2.37. The fourth-order valence-corrected chi connectivity index (χ4v) is 3.55. The largest absolute Gasteiger partial charge is 0.481 e. The maximum Gasteiger partial charge on any atom is 0.317 e. The predicted octanol–water partition coefficient (Wildman–Crippen LogP) is 2.85. The van der Waals surface area contributed by atoms with Crippen molar-refractivity contribution in [3.8, 4) is 0 Å². The zero-order valence-corrected chi connectivity index (χ0v) is 13.2. The first-order valence-electron chi connectivity index (χ1n) is 8.31. The van der Waals surface area contributed by atoms with Gasteiger partial charge >= 0.3 is 12.0 Å². The quantitative estimate of drug-likeness (QED) is 0.792. The molecule has 21 heavy (non-hydrogen) atoms. The molecule has 2 aliphatic rings. The van der Waals surface area contributed by atoms with Crippen molar-refractivity contribution in [1.82, 2.24) is 10.2 Å². The number of nitrogens with zero attached hydrogens (tertiary/aromatic N) is 1. The summed E-state index contributed by atoms with van der Waals surface area (Å²) in [5, 5.41) is 12.6. The molecule has 0 spiro atoms. The van der Waals surface area contributed by atoms with E-state index >= 15 is 0 Å². The number of likely N-dealkylation sites (tertiary alicyclic amines) is 1. The topological polar surface area (TPSA) is 69.6 Å². The third kappa shape index (κ3) is 3.69. The van der Waals surface area contributed by atoms with E-state index in [1.807, 2.05) is 6.92 Å². The summed E-state index contributed by atoms with van der Waals surface area (Å²) < 4.78 is 0. The third-order valence-electron chi connectivity index (χ3n) is 5.08. The summed E-state index contributed by atoms with van der Waals surface area (Å²) in [4.78, 5) is 25.5. The van der Waals surface area contributed by atoms with Crippen LogP contribution in [-0.4, -0.2) is 41.1 Å². The van der Waals surface area contributed by atoms with Gasteiger partial charge in [-0.05, 0) is 38.0 Å². The normalized spacial score (nSPS) is 27.2. The van der Waals surface area contributed by atoms with Gasteiger partial charge in [-0.15, -0.1) is 0 Å². The number of hydrogen-bond acceptors (Lipinski definition) is 2. The van der Waals surface area contributed by atoms with Gasteiger partial charge < -0.3 is 15.3 Å². The van der Waals surface area contributed by atoms with Crippen molar-refractivity contribution in [1.29, 1.82) is 0 Å². The molecule has 1 aliphatic carbocycles. The van der Waals surface area contributed by atoms with Crippen molar-refractivity contribution in [3.63, 3.8) is 0 Å². The molecule has 2 fully saturated rings. The maximum atomic E-state index is 12.2. The van der Waals surface area contributed by atoms with Crippen LogP contribution in [0.1, 0.15) is 58.8 Å². The average molecular weight is 296 g/mol. The molecule has 1 aliphatic heterocycles. The molecule has 0 bridgehead atoms. The van der Waals surface area contributed by atoms with E-state index in [-0.39, 0.29) is 6.03 Å². The molecule has 1 saturated carbocycles. The van der Waals surface area contributed by atoms with Crippen molar-refractivity contribution < 1.29 is 14.7 Å². The lowest BCUT2D eigenvalue weighted by atomic mass is 9.75. The molecule has 0 aromatic carbocycles. The van der Waals surface area contributed by atoms with Gasteiger partial charge in [0.1, 0.15) is 0 Å². The Hall–Kier alpha value is -1.26. The van der Waals surface area contributed by atoms with Crippen molar-refractivity contribution in [2.75, 3.05) is 13.1 Å². The van der Waals surface area contributed by atoms with E-state index in [0.29, 0.717) is 44.3 Å². The summed E-state index contributed by atoms with van der Waals surface area (Å²) >= 11 is 0. The highest BCUT2D eigenvalue weighted by molar-refractivity contribution is 5.77. The lowest BCUT2D eigenvalue weighted by molar-refractivity contribution is -0.152. The second-order valence-electron chi connectivity index (χ2n) is 6.66. The Morgan fingerprint density at radius 1 is 1.24 bits per heavy atom. The Kier molecular flexibility index (Phi) is 5.12. The molecular formula is C16H28N2O3. The summed E-state index contributed by atoms with van der Waals surface area (Å²) in [6.45, 7) is 5.30. The Morgan fingerprint density at radius 2 is 1.90 bits per heavy atom. The average Bonchev–Trinajstić information content (AvgIpc) is 3.18. The first-order valence-corrected chi connectivity index (χ1v) is 8.31. The number of piperidine rings is 1. The predicted molar refractivity (Wildman–Crippen MR) is 81.1 cm³/mol. The van der Waals surface area contributed by atoms with Crippen LogP contribution < -0.4 is 5.32 Å². The number of rotatable bonds is 6. The van der Waals surface area contributed by atoms with E-state index in [0.717, 1.165) is 12.8 Å². The van der Waals surface area contributed by atoms with Gasteiger partial charge in [-0.1, -0.05) is 26.7 Å². The van der Waals surface area contributed by atoms with Crippen molar-refractivity contribution >= 4 is 12.0 Å². The zero-order valence-electron chi connectivity index (χ0n) is 13.2. The molecule has 2 atom stereocenters. The molecule has 0 aromatic rings. The van der Waals surface area contributed by atoms with E-state index in [1.165, 1.54) is 12.8 Å². The van der Waals surface area contributed by atoms with Crippen LogP contribution in [0.15, 0.2) is 0 Å². The first-order chi connectivity index (χ1) is 10.0. The van der Waals surface area contributed by atoms with Crippen LogP contribution >= 0.6 is 0 Å². The van der Waals surface area contributed by atoms with Crippen molar-refractivity contribution in [3.05, 3.63) is 0 Å². The van der Waals surface area contributed by atoms with E-state index < -0.39 is 11.4 Å². The van der Waals surface area contributed by atoms with Crippen LogP contribution in [-0.2, 0) is 4.79 Å². The lowest BCUT2D eigenvalue weighted by Gasteiger charge is -2.38. The number of carbonyl (C=O) groups excluding carboxylic acids is 1. The van der Waals surface area contributed by atoms with E-state index in [4.69, 9.17) is 0 Å². The molecule has 2 unspecified atom stereocenters. The molecule has 1 heterocycles. The van der Waals surface area contributed by atoms with Crippen LogP contribution in [0.5, 0.6) is 0 Å². The molecule has 120 valence electrons. The maximum absolute atomic E-state index is 12.2. The minimum Gasteiger partial charge on any atom is -0.481 e. The number of nitrogens with one attached hydrogen (secondary N) is 1. The molecular weight excluding hydrogens is 268 g/mol. The Labute approximate surface area is 127 Å². The van der Waals surface area contributed by atoms with Gasteiger partial charge in [-0.25, -0.2) is 4.79 Å². The zero-order chi connectivity index (χ0) is 15.5. The first kappa shape index (κ1) is 16.1. The van der Waals surface area contributed by atoms with E-state index in [1.54, 1.807) is 4.90 Å². The lowest BCUT2D eigenvalue weighted by Crippen LogP contribution is -2.50. The molecule has 1 saturated heterocycles. The number of hydrogen-bond donors (Lipinski definition) is 2. The summed E-state index contributed by atoms with van der Waals surface area (Å²) in [6.07, 6.45) is 6.18. The summed E-state index contributed by atoms with van der Waals surface area (Å²) in [6, 6.07) is 0.341. The number of carboxylic acid groups (broad SMARTS) is 1. The fourth-order valence-electron chi connectivity index (χ4n) is 3.55. The number of urea groups is 1. The van der Waals surface area contributed by atoms with Crippen LogP contribution in [0.3, 0.4) is 0 Å². The second-order valence-corrected chi connectivity index (χ2v) is 6.66. The number of aliphatic carboxylic acids is 1. The Balaban J connectivity index is 1.80. The standard InChI is InChI=1S/C16H28N2O3/c1-3-5-12-11-13(12)17-15(21)18-9-7-16(6-4-2,8-10-18)14(19)20/h12-13H,3-11H2,1-2H3,(H,17,21)(H,19,20). The second kappa shape index (κ2) is 6.67. The monoisotopic (exact) mass is 296 g/mol. The number of carboxylic acids is 1. The number of amides is 2. The van der Waals surface area contributed by atoms with Crippen LogP contribution in [0.25, 0.3) is 0 Å². The Morgan fingerprint density at radius 3 is 2.43 bits per heavy atom. The molecule has 5 nitrogen and oxygen atoms in total. The van der Waals surface area contributed by atoms with Gasteiger partial charge in [0.05, 0.1) is 5.41 Å². The molecule has 0 radical (unpaired) electrons. The summed E-state index contributed by atoms with van der Waals surface area (Å²) in [5.74, 6) is -0.0449. The minimum absolute atomic E-state index is 0.00547. The third-order valence-corrected chi connectivity index (χ3v) is 5.08. The highest BCUT2D eigenvalue weighted by Gasteiger charge is 2.43. The summed E-state index contributed by atoms with van der Waals surface area (Å²) in [5.41, 5.74) is -0.615. The van der Waals surface area contributed by atoms with Crippen molar-refractivity contribution in [2.45, 2.75) is 64.8 Å². The molecule has 2 rings (SSSR count). The van der Waals surface area contributed by atoms with Crippen LogP contribution in [0, 0.1) is 11.3 Å². The fraction of sp³-hybridized carbons (Fsp3) is 0.875. The number of carbonyl (C=O) groups is 2. The van der Waals surface area contributed by atoms with Gasteiger partial charge in [-0.3, -0.25) is 4.79 Å². The highest BCUT2D eigenvalue weighted by atomic mass is 16.4. The minimum atomic E-state index is -0.699. The van der Waals surface area contributed by atoms with Gasteiger partial charge in [0.15, 0.2) is 0 Å². The Bertz CT molecular complexity index is 389. The molecule has 5 heteroatoms. The molecule has 0 aromatic heterocycles. The van der Waals surface area contributed by atoms with Crippen LogP contribution in [0.2, 0.25) is 0 Å². The molecule has 2 N–H and O–H groups in total. The van der Waals surface area contributed by atoms with E-state index in [2.05, 4.69) is 12.2 Å². The smallest absolute Gasteiger partial charge is 0.317 e. The van der Waals surface area contributed by atoms with Crippen LogP contribution in [0.4, 0.5) is 4.79 Å². The van der Waals surface area contributed by atoms with Crippen molar-refractivity contribution in [2.24, 2.45) is 11.3 Å². The van der Waals surface area contributed by atoms with Gasteiger partial charge in [0.25, 0.3) is 0 Å². The van der Waals surface area contributed by atoms with Gasteiger partial charge in [-0.2, -0.15) is 0 Å². The van der Waals surface area contributed by atoms with E-state index in [9.17, 15) is 14.7 Å². The van der Waals surface area contributed by atoms with Gasteiger partial charge in [0, 0.05) is 19.1 Å².